The third-order valence-corrected chi connectivity index (χ3v) is 6.55. The lowest BCUT2D eigenvalue weighted by Crippen LogP contribution is -2.48. The number of H-pyrrole nitrogens is 1. The summed E-state index contributed by atoms with van der Waals surface area (Å²) >= 11 is 0. The van der Waals surface area contributed by atoms with Crippen molar-refractivity contribution in [2.24, 2.45) is 5.92 Å². The van der Waals surface area contributed by atoms with Crippen LogP contribution in [0.25, 0.3) is 22.5 Å². The number of hydrogen-bond donors (Lipinski definition) is 1. The molecule has 1 N–H and O–H groups in total. The molecular formula is C25H27N7O2. The minimum absolute atomic E-state index is 0.308. The number of piperazine rings is 1. The molecule has 1 aliphatic carbocycles. The molecule has 1 aliphatic heterocycles. The molecule has 0 bridgehead atoms. The van der Waals surface area contributed by atoms with Gasteiger partial charge < -0.3 is 14.4 Å². The highest BCUT2D eigenvalue weighted by Gasteiger charge is 2.34. The maximum absolute atomic E-state index is 12.3. The Bertz CT molecular complexity index is 1330. The largest absolute Gasteiger partial charge is 0.342 e. The molecule has 6 rings (SSSR count). The first-order valence-corrected chi connectivity index (χ1v) is 11.8. The molecule has 0 atom stereocenters. The second kappa shape index (κ2) is 8.64. The van der Waals surface area contributed by atoms with Crippen molar-refractivity contribution >= 4 is 16.9 Å². The van der Waals surface area contributed by atoms with Gasteiger partial charge in [-0.05, 0) is 55.7 Å². The normalized spacial score (nSPS) is 16.9. The van der Waals surface area contributed by atoms with E-state index in [4.69, 9.17) is 9.51 Å². The van der Waals surface area contributed by atoms with Crippen LogP contribution >= 0.6 is 0 Å². The molecule has 1 saturated heterocycles. The Morgan fingerprint density at radius 3 is 2.74 bits per heavy atom. The number of hydrogen-bond acceptors (Lipinski definition) is 7. The molecule has 4 aromatic rings. The van der Waals surface area contributed by atoms with Crippen molar-refractivity contribution in [1.29, 1.82) is 0 Å². The van der Waals surface area contributed by atoms with E-state index in [2.05, 4.69) is 37.1 Å². The SMILES string of the molecule is Cc1noc(-c2ccc3nc(Cc4cc(CN5CCN(C(=O)C6CC6)CC5)ccn4)[nH]c3c2)n1. The lowest BCUT2D eigenvalue weighted by molar-refractivity contribution is -0.134. The van der Waals surface area contributed by atoms with Crippen molar-refractivity contribution in [2.45, 2.75) is 32.7 Å². The van der Waals surface area contributed by atoms with Gasteiger partial charge in [0.15, 0.2) is 5.82 Å². The van der Waals surface area contributed by atoms with Crippen LogP contribution in [0.15, 0.2) is 41.1 Å². The van der Waals surface area contributed by atoms with Crippen LogP contribution in [0.5, 0.6) is 0 Å². The molecular weight excluding hydrogens is 430 g/mol. The number of imidazole rings is 1. The lowest BCUT2D eigenvalue weighted by Gasteiger charge is -2.35. The predicted octanol–water partition coefficient (Wildman–Crippen LogP) is 2.96. The number of nitrogens with one attached hydrogen (secondary N) is 1. The van der Waals surface area contributed by atoms with Gasteiger partial charge in [-0.25, -0.2) is 4.98 Å². The van der Waals surface area contributed by atoms with E-state index in [0.29, 0.717) is 30.0 Å². The highest BCUT2D eigenvalue weighted by Crippen LogP contribution is 2.31. The Hall–Kier alpha value is -3.59. The van der Waals surface area contributed by atoms with Crippen LogP contribution in [-0.4, -0.2) is 67.0 Å². The van der Waals surface area contributed by atoms with Gasteiger partial charge in [0.2, 0.25) is 5.91 Å². The van der Waals surface area contributed by atoms with E-state index >= 15 is 0 Å². The Kier molecular flexibility index (Phi) is 5.33. The minimum atomic E-state index is 0.308. The van der Waals surface area contributed by atoms with Gasteiger partial charge in [0.1, 0.15) is 5.82 Å². The fourth-order valence-electron chi connectivity index (χ4n) is 4.56. The second-order valence-corrected chi connectivity index (χ2v) is 9.27. The minimum Gasteiger partial charge on any atom is -0.342 e. The predicted molar refractivity (Wildman–Crippen MR) is 126 cm³/mol. The van der Waals surface area contributed by atoms with Gasteiger partial charge >= 0.3 is 0 Å². The molecule has 1 amide bonds. The van der Waals surface area contributed by atoms with Gasteiger partial charge in [0.05, 0.1) is 11.0 Å². The van der Waals surface area contributed by atoms with Crippen molar-refractivity contribution in [2.75, 3.05) is 26.2 Å². The van der Waals surface area contributed by atoms with E-state index in [-0.39, 0.29) is 0 Å². The molecule has 34 heavy (non-hydrogen) atoms. The number of fused-ring (bicyclic) bond motifs is 1. The number of benzene rings is 1. The number of nitrogens with zero attached hydrogens (tertiary/aromatic N) is 6. The van der Waals surface area contributed by atoms with Gasteiger partial charge in [-0.1, -0.05) is 5.16 Å². The molecule has 0 spiro atoms. The van der Waals surface area contributed by atoms with Crippen molar-refractivity contribution in [3.8, 4) is 11.5 Å². The van der Waals surface area contributed by atoms with Crippen LogP contribution in [0, 0.1) is 12.8 Å². The molecule has 2 fully saturated rings. The maximum Gasteiger partial charge on any atom is 0.257 e. The Morgan fingerprint density at radius 2 is 1.97 bits per heavy atom. The van der Waals surface area contributed by atoms with Crippen LogP contribution in [0.2, 0.25) is 0 Å². The Morgan fingerprint density at radius 1 is 1.12 bits per heavy atom. The molecule has 3 aromatic heterocycles. The summed E-state index contributed by atoms with van der Waals surface area (Å²) in [5.74, 6) is 2.64. The molecule has 0 radical (unpaired) electrons. The standard InChI is InChI=1S/C25H27N7O2/c1-16-27-24(34-30-16)19-4-5-21-22(13-19)29-23(28-21)14-20-12-17(6-7-26-20)15-31-8-10-32(11-9-31)25(33)18-2-3-18/h4-7,12-13,18H,2-3,8-11,14-15H2,1H3,(H,28,29). The van der Waals surface area contributed by atoms with Gasteiger partial charge in [0.25, 0.3) is 5.89 Å². The van der Waals surface area contributed by atoms with Crippen LogP contribution in [0.4, 0.5) is 0 Å². The van der Waals surface area contributed by atoms with E-state index in [9.17, 15) is 4.79 Å². The van der Waals surface area contributed by atoms with Gasteiger partial charge in [0, 0.05) is 62.5 Å². The van der Waals surface area contributed by atoms with E-state index in [1.807, 2.05) is 29.3 Å². The van der Waals surface area contributed by atoms with Gasteiger partial charge in [-0.2, -0.15) is 4.98 Å². The third-order valence-electron chi connectivity index (χ3n) is 6.55. The summed E-state index contributed by atoms with van der Waals surface area (Å²) in [7, 11) is 0. The fraction of sp³-hybridized carbons (Fsp3) is 0.400. The smallest absolute Gasteiger partial charge is 0.257 e. The lowest BCUT2D eigenvalue weighted by atomic mass is 10.1. The fourth-order valence-corrected chi connectivity index (χ4v) is 4.56. The monoisotopic (exact) mass is 457 g/mol. The summed E-state index contributed by atoms with van der Waals surface area (Å²) < 4.78 is 5.28. The first-order valence-electron chi connectivity index (χ1n) is 11.8. The summed E-state index contributed by atoms with van der Waals surface area (Å²) in [4.78, 5) is 33.7. The molecule has 9 nitrogen and oxygen atoms in total. The van der Waals surface area contributed by atoms with E-state index in [1.165, 1.54) is 5.56 Å². The van der Waals surface area contributed by atoms with Crippen LogP contribution in [-0.2, 0) is 17.8 Å². The van der Waals surface area contributed by atoms with Crippen molar-refractivity contribution < 1.29 is 9.32 Å². The van der Waals surface area contributed by atoms with E-state index < -0.39 is 0 Å². The number of rotatable bonds is 6. The Labute approximate surface area is 197 Å². The third kappa shape index (κ3) is 4.43. The molecule has 174 valence electrons. The number of amides is 1. The zero-order valence-electron chi connectivity index (χ0n) is 19.2. The molecule has 1 saturated carbocycles. The number of aromatic nitrogens is 5. The summed E-state index contributed by atoms with van der Waals surface area (Å²) in [6, 6.07) is 10.1. The van der Waals surface area contributed by atoms with Gasteiger partial charge in [-0.15, -0.1) is 0 Å². The summed E-state index contributed by atoms with van der Waals surface area (Å²) in [5.41, 5.74) is 4.90. The number of aryl methyl sites for hydroxylation is 1. The molecule has 9 heteroatoms. The number of aromatic amines is 1. The quantitative estimate of drug-likeness (QED) is 0.475. The second-order valence-electron chi connectivity index (χ2n) is 9.27. The average molecular weight is 458 g/mol. The highest BCUT2D eigenvalue weighted by atomic mass is 16.5. The number of pyridine rings is 1. The first-order chi connectivity index (χ1) is 16.6. The first kappa shape index (κ1) is 21.0. The molecule has 2 aliphatic rings. The van der Waals surface area contributed by atoms with E-state index in [1.54, 1.807) is 6.92 Å². The maximum atomic E-state index is 12.3. The zero-order valence-corrected chi connectivity index (χ0v) is 19.2. The van der Waals surface area contributed by atoms with Crippen LogP contribution in [0.3, 0.4) is 0 Å². The summed E-state index contributed by atoms with van der Waals surface area (Å²) in [5, 5.41) is 3.86. The van der Waals surface area contributed by atoms with Crippen LogP contribution in [0.1, 0.15) is 35.7 Å². The van der Waals surface area contributed by atoms with Crippen molar-refractivity contribution in [1.82, 2.24) is 34.9 Å². The van der Waals surface area contributed by atoms with Crippen molar-refractivity contribution in [3.63, 3.8) is 0 Å². The summed E-state index contributed by atoms with van der Waals surface area (Å²) in [6.07, 6.45) is 4.64. The molecule has 0 unspecified atom stereocenters. The molecule has 4 heterocycles. The average Bonchev–Trinajstić information content (AvgIpc) is 3.48. The zero-order chi connectivity index (χ0) is 23.1. The highest BCUT2D eigenvalue weighted by molar-refractivity contribution is 5.81. The van der Waals surface area contributed by atoms with Crippen molar-refractivity contribution in [3.05, 3.63) is 59.4 Å². The van der Waals surface area contributed by atoms with E-state index in [0.717, 1.165) is 73.7 Å². The molecule has 1 aromatic carbocycles. The van der Waals surface area contributed by atoms with Crippen LogP contribution < -0.4 is 0 Å². The topological polar surface area (TPSA) is 104 Å². The summed E-state index contributed by atoms with van der Waals surface area (Å²) in [6.45, 7) is 6.17. The number of carbonyl (C=O) groups excluding carboxylic acids is 1. The Balaban J connectivity index is 1.11. The number of carbonyl (C=O) groups is 1. The van der Waals surface area contributed by atoms with Gasteiger partial charge in [-0.3, -0.25) is 14.7 Å².